The molecule has 2 rings (SSSR count). The highest BCUT2D eigenvalue weighted by Gasteiger charge is 2.20. The van der Waals surface area contributed by atoms with Crippen LogP contribution in [0.1, 0.15) is 30.1 Å². The smallest absolute Gasteiger partial charge is 0.210 e. The van der Waals surface area contributed by atoms with E-state index in [2.05, 4.69) is 16.4 Å². The number of pyridine rings is 1. The van der Waals surface area contributed by atoms with Crippen molar-refractivity contribution in [2.75, 3.05) is 12.3 Å². The lowest BCUT2D eigenvalue weighted by atomic mass is 9.92. The Morgan fingerprint density at radius 1 is 1.53 bits per heavy atom. The fourth-order valence-electron chi connectivity index (χ4n) is 2.18. The first kappa shape index (κ1) is 12.5. The predicted molar refractivity (Wildman–Crippen MR) is 65.9 cm³/mol. The summed E-state index contributed by atoms with van der Waals surface area (Å²) in [7, 11) is -3.39. The van der Waals surface area contributed by atoms with Crippen molar-refractivity contribution < 1.29 is 8.42 Å². The number of nitrogens with two attached hydrogens (primary N) is 1. The summed E-state index contributed by atoms with van der Waals surface area (Å²) in [4.78, 5) is 4.37. The number of nitrogens with zero attached hydrogens (tertiary/aromatic N) is 1. The van der Waals surface area contributed by atoms with E-state index in [9.17, 15) is 8.42 Å². The topological polar surface area (TPSA) is 85.1 Å². The molecule has 1 unspecified atom stereocenters. The second-order valence-electron chi connectivity index (χ2n) is 4.31. The zero-order chi connectivity index (χ0) is 12.3. The average molecular weight is 255 g/mol. The Bertz CT molecular complexity index is 487. The zero-order valence-electron chi connectivity index (χ0n) is 9.59. The van der Waals surface area contributed by atoms with Gasteiger partial charge in [-0.2, -0.15) is 0 Å². The van der Waals surface area contributed by atoms with Gasteiger partial charge in [0.1, 0.15) is 0 Å². The van der Waals surface area contributed by atoms with Crippen LogP contribution in [0, 0.1) is 0 Å². The maximum Gasteiger partial charge on any atom is 0.210 e. The van der Waals surface area contributed by atoms with Crippen molar-refractivity contribution >= 4 is 10.0 Å². The molecule has 0 aromatic carbocycles. The van der Waals surface area contributed by atoms with Crippen LogP contribution in [0.2, 0.25) is 0 Å². The molecule has 1 heterocycles. The van der Waals surface area contributed by atoms with Gasteiger partial charge in [0.05, 0.1) is 11.4 Å². The third-order valence-electron chi connectivity index (χ3n) is 2.97. The Labute approximate surface area is 101 Å². The monoisotopic (exact) mass is 255 g/mol. The Morgan fingerprint density at radius 2 is 2.35 bits per heavy atom. The van der Waals surface area contributed by atoms with Crippen molar-refractivity contribution in [2.24, 2.45) is 5.14 Å². The van der Waals surface area contributed by atoms with Gasteiger partial charge in [-0.05, 0) is 30.9 Å². The highest BCUT2D eigenvalue weighted by atomic mass is 32.2. The Hall–Kier alpha value is -0.980. The van der Waals surface area contributed by atoms with Crippen LogP contribution in [0.25, 0.3) is 0 Å². The standard InChI is InChI=1S/C11H17N3O2S/c12-17(15,16)8-7-13-10-5-1-3-9-4-2-6-14-11(9)10/h2,4,6,10,13H,1,3,5,7-8H2,(H2,12,15,16). The van der Waals surface area contributed by atoms with Gasteiger partial charge in [-0.1, -0.05) is 6.07 Å². The first-order valence-electron chi connectivity index (χ1n) is 5.74. The van der Waals surface area contributed by atoms with Crippen molar-refractivity contribution in [1.29, 1.82) is 0 Å². The Balaban J connectivity index is 1.99. The molecule has 5 nitrogen and oxygen atoms in total. The summed E-state index contributed by atoms with van der Waals surface area (Å²) in [5.74, 6) is -0.0360. The molecule has 0 fully saturated rings. The summed E-state index contributed by atoms with van der Waals surface area (Å²) in [5, 5.41) is 8.17. The molecule has 0 bridgehead atoms. The van der Waals surface area contributed by atoms with Crippen molar-refractivity contribution in [3.8, 4) is 0 Å². The molecule has 0 spiro atoms. The Kier molecular flexibility index (Phi) is 3.76. The van der Waals surface area contributed by atoms with Crippen LogP contribution in [0.4, 0.5) is 0 Å². The van der Waals surface area contributed by atoms with Crippen molar-refractivity contribution in [3.63, 3.8) is 0 Å². The van der Waals surface area contributed by atoms with E-state index in [-0.39, 0.29) is 11.8 Å². The summed E-state index contributed by atoms with van der Waals surface area (Å²) in [6.07, 6.45) is 4.93. The lowest BCUT2D eigenvalue weighted by Gasteiger charge is -2.25. The summed E-state index contributed by atoms with van der Waals surface area (Å²) >= 11 is 0. The normalized spacial score (nSPS) is 19.9. The second kappa shape index (κ2) is 5.12. The molecule has 1 aliphatic carbocycles. The molecule has 3 N–H and O–H groups in total. The summed E-state index contributed by atoms with van der Waals surface area (Å²) in [6, 6.07) is 4.17. The maximum absolute atomic E-state index is 10.8. The van der Waals surface area contributed by atoms with E-state index in [1.165, 1.54) is 5.56 Å². The van der Waals surface area contributed by atoms with E-state index in [0.29, 0.717) is 6.54 Å². The molecule has 1 atom stereocenters. The molecule has 1 aromatic rings. The number of aryl methyl sites for hydroxylation is 1. The summed E-state index contributed by atoms with van der Waals surface area (Å²) < 4.78 is 21.7. The molecule has 0 radical (unpaired) electrons. The molecular weight excluding hydrogens is 238 g/mol. The van der Waals surface area contributed by atoms with E-state index in [0.717, 1.165) is 25.0 Å². The van der Waals surface area contributed by atoms with E-state index >= 15 is 0 Å². The number of primary sulfonamides is 1. The van der Waals surface area contributed by atoms with Gasteiger partial charge in [0.2, 0.25) is 10.0 Å². The van der Waals surface area contributed by atoms with Crippen molar-refractivity contribution in [1.82, 2.24) is 10.3 Å². The number of sulfonamides is 1. The number of fused-ring (bicyclic) bond motifs is 1. The van der Waals surface area contributed by atoms with Gasteiger partial charge in [0.15, 0.2) is 0 Å². The van der Waals surface area contributed by atoms with Gasteiger partial charge in [-0.15, -0.1) is 0 Å². The first-order chi connectivity index (χ1) is 8.06. The molecule has 0 saturated heterocycles. The van der Waals surface area contributed by atoms with E-state index in [4.69, 9.17) is 5.14 Å². The Morgan fingerprint density at radius 3 is 3.12 bits per heavy atom. The van der Waals surface area contributed by atoms with Crippen LogP contribution in [-0.2, 0) is 16.4 Å². The van der Waals surface area contributed by atoms with Crippen LogP contribution >= 0.6 is 0 Å². The first-order valence-corrected chi connectivity index (χ1v) is 7.45. The fraction of sp³-hybridized carbons (Fsp3) is 0.545. The third kappa shape index (κ3) is 3.49. The number of rotatable bonds is 4. The van der Waals surface area contributed by atoms with Crippen LogP contribution < -0.4 is 10.5 Å². The van der Waals surface area contributed by atoms with Gasteiger partial charge in [0.25, 0.3) is 0 Å². The molecule has 1 aliphatic rings. The van der Waals surface area contributed by atoms with Crippen LogP contribution in [0.5, 0.6) is 0 Å². The maximum atomic E-state index is 10.8. The number of nitrogens with one attached hydrogen (secondary N) is 1. The lowest BCUT2D eigenvalue weighted by Crippen LogP contribution is -2.32. The third-order valence-corrected chi connectivity index (χ3v) is 3.75. The molecule has 94 valence electrons. The largest absolute Gasteiger partial charge is 0.308 e. The number of aromatic nitrogens is 1. The fourth-order valence-corrected chi connectivity index (χ4v) is 2.59. The van der Waals surface area contributed by atoms with Gasteiger partial charge in [0, 0.05) is 18.8 Å². The lowest BCUT2D eigenvalue weighted by molar-refractivity contribution is 0.459. The molecule has 0 amide bonds. The molecule has 0 saturated carbocycles. The van der Waals surface area contributed by atoms with Crippen LogP contribution in [0.15, 0.2) is 18.3 Å². The minimum atomic E-state index is -3.39. The van der Waals surface area contributed by atoms with Gasteiger partial charge in [-0.3, -0.25) is 4.98 Å². The van der Waals surface area contributed by atoms with E-state index < -0.39 is 10.0 Å². The van der Waals surface area contributed by atoms with Crippen LogP contribution in [0.3, 0.4) is 0 Å². The minimum Gasteiger partial charge on any atom is -0.308 e. The second-order valence-corrected chi connectivity index (χ2v) is 6.05. The van der Waals surface area contributed by atoms with Gasteiger partial charge >= 0.3 is 0 Å². The number of hydrogen-bond acceptors (Lipinski definition) is 4. The number of hydrogen-bond donors (Lipinski definition) is 2. The molecular formula is C11H17N3O2S. The predicted octanol–water partition coefficient (Wildman–Crippen LogP) is 0.337. The van der Waals surface area contributed by atoms with Crippen molar-refractivity contribution in [3.05, 3.63) is 29.6 Å². The molecule has 1 aromatic heterocycles. The summed E-state index contributed by atoms with van der Waals surface area (Å²) in [6.45, 7) is 0.375. The molecule has 6 heteroatoms. The van der Waals surface area contributed by atoms with Gasteiger partial charge < -0.3 is 5.32 Å². The average Bonchev–Trinajstić information content (AvgIpc) is 2.28. The minimum absolute atomic E-state index is 0.0360. The van der Waals surface area contributed by atoms with Crippen molar-refractivity contribution in [2.45, 2.75) is 25.3 Å². The molecule has 0 aliphatic heterocycles. The highest BCUT2D eigenvalue weighted by molar-refractivity contribution is 7.89. The zero-order valence-corrected chi connectivity index (χ0v) is 10.4. The SMILES string of the molecule is NS(=O)(=O)CCNC1CCCc2cccnc21. The highest BCUT2D eigenvalue weighted by Crippen LogP contribution is 2.27. The quantitative estimate of drug-likeness (QED) is 0.812. The van der Waals surface area contributed by atoms with E-state index in [1.807, 2.05) is 6.07 Å². The van der Waals surface area contributed by atoms with Gasteiger partial charge in [-0.25, -0.2) is 13.6 Å². The van der Waals surface area contributed by atoms with E-state index in [1.54, 1.807) is 6.20 Å². The van der Waals surface area contributed by atoms with Crippen LogP contribution in [-0.4, -0.2) is 25.7 Å². The summed E-state index contributed by atoms with van der Waals surface area (Å²) in [5.41, 5.74) is 2.31. The molecule has 17 heavy (non-hydrogen) atoms.